The number of pyridine rings is 2. The van der Waals surface area contributed by atoms with Crippen molar-refractivity contribution in [1.29, 1.82) is 0 Å². The van der Waals surface area contributed by atoms with Gasteiger partial charge in [0.05, 0.1) is 30.5 Å². The van der Waals surface area contributed by atoms with Gasteiger partial charge in [-0.3, -0.25) is 4.79 Å². The fourth-order valence-electron chi connectivity index (χ4n) is 5.36. The third kappa shape index (κ3) is 6.34. The van der Waals surface area contributed by atoms with E-state index in [4.69, 9.17) is 9.47 Å². The van der Waals surface area contributed by atoms with Crippen molar-refractivity contribution in [2.75, 3.05) is 19.0 Å². The number of amides is 1. The van der Waals surface area contributed by atoms with Gasteiger partial charge in [0.25, 0.3) is 5.91 Å². The molecule has 37 heavy (non-hydrogen) atoms. The van der Waals surface area contributed by atoms with Crippen molar-refractivity contribution in [3.05, 3.63) is 47.3 Å². The Morgan fingerprint density at radius 2 is 2.05 bits per heavy atom. The van der Waals surface area contributed by atoms with Crippen LogP contribution in [0.3, 0.4) is 0 Å². The van der Waals surface area contributed by atoms with Crippen molar-refractivity contribution < 1.29 is 27.4 Å². The van der Waals surface area contributed by atoms with Crippen molar-refractivity contribution in [3.8, 4) is 5.88 Å². The third-order valence-electron chi connectivity index (χ3n) is 7.07. The number of halogens is 3. The number of alkyl halides is 3. The van der Waals surface area contributed by atoms with E-state index in [1.165, 1.54) is 14.0 Å². The van der Waals surface area contributed by atoms with E-state index < -0.39 is 29.9 Å². The highest BCUT2D eigenvalue weighted by atomic mass is 19.4. The maximum absolute atomic E-state index is 13.9. The number of aryl methyl sites for hydroxylation is 1. The minimum Gasteiger partial charge on any atom is -0.481 e. The van der Waals surface area contributed by atoms with Gasteiger partial charge in [0.2, 0.25) is 5.88 Å². The molecule has 0 aliphatic carbocycles. The number of rotatable bonds is 8. The molecule has 0 aromatic carbocycles. The highest BCUT2D eigenvalue weighted by molar-refractivity contribution is 5.82. The molecule has 2 aromatic heterocycles. The second-order valence-corrected chi connectivity index (χ2v) is 9.81. The smallest absolute Gasteiger partial charge is 0.416 e. The van der Waals surface area contributed by atoms with Gasteiger partial charge in [-0.2, -0.15) is 13.2 Å². The van der Waals surface area contributed by atoms with Crippen LogP contribution in [0.15, 0.2) is 30.3 Å². The highest BCUT2D eigenvalue weighted by Gasteiger charge is 2.47. The molecule has 1 N–H and O–H groups in total. The molecule has 1 amide bonds. The van der Waals surface area contributed by atoms with Crippen molar-refractivity contribution in [2.24, 2.45) is 0 Å². The standard InChI is InChI=1S/C27H35F3N4O3/c1-4-5-9-19-16-21(32-23-15-18(27(28,29)30)14-17(2)31-23)25(20-10-8-12-24(33-20)36-3)34(19)26(35)22-11-6-7-13-37-22/h8,10,12,14-15,19,21-22,25H,4-7,9,11,13,16H2,1-3H3,(H,31,32). The van der Waals surface area contributed by atoms with E-state index in [-0.39, 0.29) is 23.5 Å². The number of carbonyl (C=O) groups excluding carboxylic acids is 1. The molecule has 4 unspecified atom stereocenters. The lowest BCUT2D eigenvalue weighted by molar-refractivity contribution is -0.150. The molecule has 0 saturated carbocycles. The van der Waals surface area contributed by atoms with Crippen LogP contribution in [0, 0.1) is 6.92 Å². The monoisotopic (exact) mass is 520 g/mol. The van der Waals surface area contributed by atoms with Crippen molar-refractivity contribution in [1.82, 2.24) is 14.9 Å². The molecule has 0 spiro atoms. The zero-order valence-electron chi connectivity index (χ0n) is 21.6. The number of ether oxygens (including phenoxy) is 2. The predicted molar refractivity (Wildman–Crippen MR) is 133 cm³/mol. The Morgan fingerprint density at radius 1 is 1.24 bits per heavy atom. The molecule has 4 atom stereocenters. The van der Waals surface area contributed by atoms with Gasteiger partial charge in [0, 0.05) is 24.4 Å². The minimum atomic E-state index is -4.49. The van der Waals surface area contributed by atoms with Crippen LogP contribution in [0.25, 0.3) is 0 Å². The van der Waals surface area contributed by atoms with Gasteiger partial charge in [0.15, 0.2) is 0 Å². The van der Waals surface area contributed by atoms with E-state index in [0.717, 1.165) is 44.2 Å². The topological polar surface area (TPSA) is 76.6 Å². The van der Waals surface area contributed by atoms with E-state index in [9.17, 15) is 18.0 Å². The maximum atomic E-state index is 13.9. The lowest BCUT2D eigenvalue weighted by atomic mass is 10.0. The zero-order chi connectivity index (χ0) is 26.6. The van der Waals surface area contributed by atoms with E-state index in [0.29, 0.717) is 31.0 Å². The zero-order valence-corrected chi connectivity index (χ0v) is 21.6. The van der Waals surface area contributed by atoms with Gasteiger partial charge < -0.3 is 19.7 Å². The molecule has 10 heteroatoms. The largest absolute Gasteiger partial charge is 0.481 e. The average Bonchev–Trinajstić information content (AvgIpc) is 3.24. The number of aromatic nitrogens is 2. The SMILES string of the molecule is CCCCC1CC(Nc2cc(C(F)(F)F)cc(C)n2)C(c2cccc(OC)n2)N1C(=O)C1CCCCO1. The molecule has 4 rings (SSSR count). The molecule has 2 fully saturated rings. The second kappa shape index (κ2) is 11.7. The van der Waals surface area contributed by atoms with Gasteiger partial charge in [-0.25, -0.2) is 9.97 Å². The highest BCUT2D eigenvalue weighted by Crippen LogP contribution is 2.41. The minimum absolute atomic E-state index is 0.0899. The van der Waals surface area contributed by atoms with Crippen LogP contribution in [0.4, 0.5) is 19.0 Å². The van der Waals surface area contributed by atoms with Crippen LogP contribution in [-0.2, 0) is 15.7 Å². The van der Waals surface area contributed by atoms with Gasteiger partial charge in [-0.15, -0.1) is 0 Å². The van der Waals surface area contributed by atoms with Crippen LogP contribution in [0.2, 0.25) is 0 Å². The summed E-state index contributed by atoms with van der Waals surface area (Å²) in [5.74, 6) is 0.443. The maximum Gasteiger partial charge on any atom is 0.416 e. The number of nitrogens with zero attached hydrogens (tertiary/aromatic N) is 3. The van der Waals surface area contributed by atoms with Crippen LogP contribution in [0.1, 0.15) is 74.9 Å². The van der Waals surface area contributed by atoms with Gasteiger partial charge in [-0.1, -0.05) is 25.8 Å². The summed E-state index contributed by atoms with van der Waals surface area (Å²) >= 11 is 0. The van der Waals surface area contributed by atoms with Gasteiger partial charge in [0.1, 0.15) is 11.9 Å². The molecule has 7 nitrogen and oxygen atoms in total. The molecule has 0 bridgehead atoms. The Kier molecular flexibility index (Phi) is 8.56. The summed E-state index contributed by atoms with van der Waals surface area (Å²) < 4.78 is 51.8. The van der Waals surface area contributed by atoms with Crippen LogP contribution >= 0.6 is 0 Å². The van der Waals surface area contributed by atoms with Crippen molar-refractivity contribution in [2.45, 2.75) is 89.2 Å². The van der Waals surface area contributed by atoms with Crippen molar-refractivity contribution in [3.63, 3.8) is 0 Å². The molecule has 2 aliphatic heterocycles. The molecule has 4 heterocycles. The summed E-state index contributed by atoms with van der Waals surface area (Å²) in [6, 6.07) is 6.39. The van der Waals surface area contributed by atoms with Crippen LogP contribution < -0.4 is 10.1 Å². The number of methoxy groups -OCH3 is 1. The van der Waals surface area contributed by atoms with Crippen LogP contribution in [0.5, 0.6) is 5.88 Å². The third-order valence-corrected chi connectivity index (χ3v) is 7.07. The quantitative estimate of drug-likeness (QED) is 0.482. The number of carbonyl (C=O) groups is 1. The van der Waals surface area contributed by atoms with Gasteiger partial charge >= 0.3 is 6.18 Å². The summed E-state index contributed by atoms with van der Waals surface area (Å²) in [5.41, 5.74) is 0.115. The Bertz CT molecular complexity index is 1080. The number of hydrogen-bond acceptors (Lipinski definition) is 6. The van der Waals surface area contributed by atoms with Crippen molar-refractivity contribution >= 4 is 11.7 Å². The molecule has 2 aromatic rings. The second-order valence-electron chi connectivity index (χ2n) is 9.81. The summed E-state index contributed by atoms with van der Waals surface area (Å²) in [5, 5.41) is 3.25. The fourth-order valence-corrected chi connectivity index (χ4v) is 5.36. The summed E-state index contributed by atoms with van der Waals surface area (Å²) in [4.78, 5) is 24.7. The molecular formula is C27H35F3N4O3. The molecule has 0 radical (unpaired) electrons. The van der Waals surface area contributed by atoms with E-state index in [1.54, 1.807) is 6.07 Å². The molecule has 2 saturated heterocycles. The van der Waals surface area contributed by atoms with E-state index >= 15 is 0 Å². The first-order valence-electron chi connectivity index (χ1n) is 13.0. The first-order valence-corrected chi connectivity index (χ1v) is 13.0. The summed E-state index contributed by atoms with van der Waals surface area (Å²) in [6.07, 6.45) is 0.701. The summed E-state index contributed by atoms with van der Waals surface area (Å²) in [7, 11) is 1.52. The molecular weight excluding hydrogens is 485 g/mol. The number of hydrogen-bond donors (Lipinski definition) is 1. The Hall–Kier alpha value is -2.88. The fraction of sp³-hybridized carbons (Fsp3) is 0.593. The Morgan fingerprint density at radius 3 is 2.73 bits per heavy atom. The number of unbranched alkanes of at least 4 members (excludes halogenated alkanes) is 1. The normalized spacial score (nSPS) is 24.2. The summed E-state index contributed by atoms with van der Waals surface area (Å²) in [6.45, 7) is 4.18. The number of nitrogens with one attached hydrogen (secondary N) is 1. The van der Waals surface area contributed by atoms with E-state index in [2.05, 4.69) is 22.2 Å². The average molecular weight is 521 g/mol. The molecule has 202 valence electrons. The predicted octanol–water partition coefficient (Wildman–Crippen LogP) is 5.69. The first-order chi connectivity index (χ1) is 17.7. The number of anilines is 1. The lowest BCUT2D eigenvalue weighted by Crippen LogP contribution is -2.46. The van der Waals surface area contributed by atoms with E-state index in [1.807, 2.05) is 17.0 Å². The number of likely N-dealkylation sites (tertiary alicyclic amines) is 1. The first kappa shape index (κ1) is 27.2. The van der Waals surface area contributed by atoms with Gasteiger partial charge in [-0.05, 0) is 57.2 Å². The van der Waals surface area contributed by atoms with Crippen LogP contribution in [-0.4, -0.2) is 52.7 Å². The lowest BCUT2D eigenvalue weighted by Gasteiger charge is -2.35. The Balaban J connectivity index is 1.74. The Labute approximate surface area is 215 Å². The molecule has 2 aliphatic rings.